The molecule has 0 bridgehead atoms. The molecule has 0 unspecified atom stereocenters. The highest BCUT2D eigenvalue weighted by atomic mass is 16.7. The van der Waals surface area contributed by atoms with E-state index in [0.717, 1.165) is 18.4 Å². The number of ketones is 3. The van der Waals surface area contributed by atoms with Crippen LogP contribution in [0.2, 0.25) is 0 Å². The Bertz CT molecular complexity index is 1070. The molecule has 0 aromatic heterocycles. The van der Waals surface area contributed by atoms with Crippen molar-refractivity contribution in [1.82, 2.24) is 0 Å². The zero-order valence-electron chi connectivity index (χ0n) is 23.9. The highest BCUT2D eigenvalue weighted by Crippen LogP contribution is 2.67. The van der Waals surface area contributed by atoms with Crippen LogP contribution >= 0.6 is 0 Å². The Kier molecular flexibility index (Phi) is 9.25. The Morgan fingerprint density at radius 3 is 2.36 bits per heavy atom. The van der Waals surface area contributed by atoms with Crippen LogP contribution in [0.3, 0.4) is 0 Å². The van der Waals surface area contributed by atoms with Crippen LogP contribution < -0.4 is 0 Å². The molecule has 1 N–H and O–H groups in total. The average molecular weight is 547 g/mol. The summed E-state index contributed by atoms with van der Waals surface area (Å²) in [6.45, 7) is 9.95. The van der Waals surface area contributed by atoms with Gasteiger partial charge in [0.05, 0.1) is 12.7 Å². The predicted molar refractivity (Wildman–Crippen MR) is 141 cm³/mol. The van der Waals surface area contributed by atoms with E-state index in [-0.39, 0.29) is 55.2 Å². The maximum Gasteiger partial charge on any atom is 0.509 e. The maximum atomic E-state index is 13.6. The number of hydrogen-bond acceptors (Lipinski definition) is 9. The van der Waals surface area contributed by atoms with E-state index in [1.54, 1.807) is 26.0 Å². The number of ether oxygens (including phenoxy) is 3. The van der Waals surface area contributed by atoms with E-state index in [1.807, 2.05) is 13.0 Å². The molecule has 0 radical (unpaired) electrons. The molecule has 0 amide bonds. The summed E-state index contributed by atoms with van der Waals surface area (Å²) >= 11 is 0. The van der Waals surface area contributed by atoms with Gasteiger partial charge in [0.25, 0.3) is 0 Å². The van der Waals surface area contributed by atoms with Crippen molar-refractivity contribution in [2.75, 3.05) is 13.2 Å². The molecule has 4 aliphatic carbocycles. The van der Waals surface area contributed by atoms with Crippen LogP contribution in [-0.4, -0.2) is 59.5 Å². The summed E-state index contributed by atoms with van der Waals surface area (Å²) in [5.74, 6) is -0.889. The van der Waals surface area contributed by atoms with Gasteiger partial charge in [-0.2, -0.15) is 0 Å². The third kappa shape index (κ3) is 5.60. The van der Waals surface area contributed by atoms with Crippen molar-refractivity contribution in [3.63, 3.8) is 0 Å². The zero-order valence-corrected chi connectivity index (χ0v) is 23.9. The van der Waals surface area contributed by atoms with E-state index in [1.165, 1.54) is 13.8 Å². The van der Waals surface area contributed by atoms with Gasteiger partial charge in [-0.15, -0.1) is 0 Å². The molecule has 0 saturated heterocycles. The minimum Gasteiger partial charge on any atom is -0.457 e. The van der Waals surface area contributed by atoms with Crippen LogP contribution in [0.15, 0.2) is 23.8 Å². The third-order valence-corrected chi connectivity index (χ3v) is 9.24. The fourth-order valence-electron chi connectivity index (χ4n) is 7.65. The first-order chi connectivity index (χ1) is 18.3. The number of rotatable bonds is 6. The normalized spacial score (nSPS) is 36.2. The molecule has 0 aromatic rings. The highest BCUT2D eigenvalue weighted by Gasteiger charge is 2.70. The third-order valence-electron chi connectivity index (χ3n) is 9.24. The first kappa shape index (κ1) is 30.7. The molecular weight excluding hydrogens is 504 g/mol. The number of esters is 1. The van der Waals surface area contributed by atoms with E-state index in [4.69, 9.17) is 14.2 Å². The summed E-state index contributed by atoms with van der Waals surface area (Å²) in [5, 5.41) is 11.6. The lowest BCUT2D eigenvalue weighted by Gasteiger charge is -2.59. The second kappa shape index (κ2) is 11.7. The van der Waals surface area contributed by atoms with E-state index < -0.39 is 47.0 Å². The van der Waals surface area contributed by atoms with Gasteiger partial charge >= 0.3 is 12.1 Å². The molecule has 4 aliphatic rings. The summed E-state index contributed by atoms with van der Waals surface area (Å²) in [7, 11) is 0. The molecule has 0 spiro atoms. The number of carbonyl (C=O) groups excluding carboxylic acids is 5. The van der Waals surface area contributed by atoms with Gasteiger partial charge in [0.1, 0.15) is 5.78 Å². The molecule has 9 nitrogen and oxygen atoms in total. The molecule has 7 atom stereocenters. The number of fused-ring (bicyclic) bond motifs is 5. The Balaban J connectivity index is 0.000000983. The minimum absolute atomic E-state index is 0.000515. The van der Waals surface area contributed by atoms with Crippen LogP contribution in [0.25, 0.3) is 0 Å². The molecule has 9 heteroatoms. The molecule has 0 aliphatic heterocycles. The average Bonchev–Trinajstić information content (AvgIpc) is 3.14. The Morgan fingerprint density at radius 1 is 1.08 bits per heavy atom. The van der Waals surface area contributed by atoms with Gasteiger partial charge in [-0.25, -0.2) is 4.79 Å². The first-order valence-electron chi connectivity index (χ1n) is 13.9. The fourth-order valence-corrected chi connectivity index (χ4v) is 7.65. The topological polar surface area (TPSA) is 133 Å². The quantitative estimate of drug-likeness (QED) is 0.484. The van der Waals surface area contributed by atoms with Crippen molar-refractivity contribution in [2.24, 2.45) is 28.6 Å². The molecule has 216 valence electrons. The minimum atomic E-state index is -1.56. The Labute approximate surface area is 230 Å². The van der Waals surface area contributed by atoms with Crippen molar-refractivity contribution in [3.05, 3.63) is 23.8 Å². The Morgan fingerprint density at radius 2 is 1.74 bits per heavy atom. The van der Waals surface area contributed by atoms with Crippen molar-refractivity contribution in [2.45, 2.75) is 91.8 Å². The van der Waals surface area contributed by atoms with Gasteiger partial charge in [0, 0.05) is 23.2 Å². The summed E-state index contributed by atoms with van der Waals surface area (Å²) in [4.78, 5) is 59.4. The summed E-state index contributed by atoms with van der Waals surface area (Å²) in [5.41, 5.74) is -1.81. The summed E-state index contributed by atoms with van der Waals surface area (Å²) in [6.07, 6.45) is 6.31. The van der Waals surface area contributed by atoms with Gasteiger partial charge in [0.15, 0.2) is 18.0 Å². The number of hydrogen-bond donors (Lipinski definition) is 1. The van der Waals surface area contributed by atoms with Gasteiger partial charge < -0.3 is 24.1 Å². The molecular formula is C30H42O9. The largest absolute Gasteiger partial charge is 0.509 e. The van der Waals surface area contributed by atoms with Crippen LogP contribution in [-0.2, 0) is 33.4 Å². The van der Waals surface area contributed by atoms with Gasteiger partial charge in [-0.1, -0.05) is 32.4 Å². The van der Waals surface area contributed by atoms with Crippen LogP contribution in [0.4, 0.5) is 4.79 Å². The second-order valence-electron chi connectivity index (χ2n) is 11.7. The predicted octanol–water partition coefficient (Wildman–Crippen LogP) is 4.29. The molecule has 3 saturated carbocycles. The van der Waals surface area contributed by atoms with Crippen molar-refractivity contribution in [3.8, 4) is 0 Å². The second-order valence-corrected chi connectivity index (χ2v) is 11.7. The van der Waals surface area contributed by atoms with Crippen LogP contribution in [0.5, 0.6) is 0 Å². The lowest BCUT2D eigenvalue weighted by molar-refractivity contribution is -0.185. The number of aliphatic hydroxyl groups is 1. The lowest BCUT2D eigenvalue weighted by Crippen LogP contribution is -2.63. The molecule has 4 rings (SSSR count). The van der Waals surface area contributed by atoms with Gasteiger partial charge in [0.2, 0.25) is 5.78 Å². The SMILES string of the molecule is CC(C)=O.CCOC(=O)O[C@]1(C(=O)COC(=O)CC)CC[C@H]2[C@@H]3CCC4=CC(=O)C=C[C@]4(C)[C@H]3[C@@H](O)C[C@@]21C. The number of Topliss-reactive ketones (excluding diaryl/α,β-unsaturated/α-hetero) is 2. The smallest absolute Gasteiger partial charge is 0.457 e. The molecule has 39 heavy (non-hydrogen) atoms. The Hall–Kier alpha value is -2.81. The number of carbonyl (C=O) groups is 5. The molecule has 0 heterocycles. The maximum absolute atomic E-state index is 13.6. The monoisotopic (exact) mass is 546 g/mol. The van der Waals surface area contributed by atoms with Crippen molar-refractivity contribution < 1.29 is 43.3 Å². The van der Waals surface area contributed by atoms with E-state index in [2.05, 4.69) is 6.92 Å². The molecule has 0 aromatic carbocycles. The van der Waals surface area contributed by atoms with Crippen LogP contribution in [0.1, 0.15) is 80.1 Å². The summed E-state index contributed by atoms with van der Waals surface area (Å²) < 4.78 is 16.0. The van der Waals surface area contributed by atoms with E-state index in [0.29, 0.717) is 6.42 Å². The lowest BCUT2D eigenvalue weighted by atomic mass is 9.46. The van der Waals surface area contributed by atoms with Crippen LogP contribution in [0, 0.1) is 28.6 Å². The first-order valence-corrected chi connectivity index (χ1v) is 13.9. The zero-order chi connectivity index (χ0) is 29.2. The standard InChI is InChI=1S/C27H36O8.C3H6O/c1-5-22(31)34-15-21(30)27(35-24(32)33-6-2)12-10-19-18-8-7-16-13-17(28)9-11-25(16,3)23(18)20(29)14-26(19,27)4;1-3(2)4/h9,11,13,18-20,23,29H,5-8,10,12,14-15H2,1-4H3;1-2H3/t18-,19-,20-,23+,25-,26-,27-;/m0./s1. The molecule has 3 fully saturated rings. The highest BCUT2D eigenvalue weighted by molar-refractivity contribution is 6.01. The van der Waals surface area contributed by atoms with E-state index >= 15 is 0 Å². The van der Waals surface area contributed by atoms with E-state index in [9.17, 15) is 29.1 Å². The number of allylic oxidation sites excluding steroid dienone is 4. The summed E-state index contributed by atoms with van der Waals surface area (Å²) in [6, 6.07) is 0. The van der Waals surface area contributed by atoms with Crippen molar-refractivity contribution >= 4 is 29.5 Å². The van der Waals surface area contributed by atoms with Crippen molar-refractivity contribution in [1.29, 1.82) is 0 Å². The van der Waals surface area contributed by atoms with Gasteiger partial charge in [-0.05, 0) is 76.9 Å². The fraction of sp³-hybridized carbons (Fsp3) is 0.700. The van der Waals surface area contributed by atoms with Gasteiger partial charge in [-0.3, -0.25) is 14.4 Å². The number of aliphatic hydroxyl groups excluding tert-OH is 1.